The Labute approximate surface area is 115 Å². The molecule has 0 aromatic heterocycles. The maximum Gasteiger partial charge on any atom is 0.308 e. The third-order valence-electron chi connectivity index (χ3n) is 2.95. The third kappa shape index (κ3) is 7.39. The Morgan fingerprint density at radius 3 is 2.63 bits per heavy atom. The van der Waals surface area contributed by atoms with Gasteiger partial charge < -0.3 is 9.53 Å². The predicted octanol–water partition coefficient (Wildman–Crippen LogP) is 3.69. The number of rotatable bonds is 9. The number of unbranched alkanes of at least 4 members (excludes halogenated alkanes) is 5. The monoisotopic (exact) mass is 262 g/mol. The summed E-state index contributed by atoms with van der Waals surface area (Å²) in [7, 11) is 0. The summed E-state index contributed by atoms with van der Waals surface area (Å²) in [4.78, 5) is 21.0. The van der Waals surface area contributed by atoms with E-state index in [0.717, 1.165) is 32.0 Å². The highest BCUT2D eigenvalue weighted by Crippen LogP contribution is 2.16. The van der Waals surface area contributed by atoms with Gasteiger partial charge in [-0.1, -0.05) is 31.4 Å². The van der Waals surface area contributed by atoms with Crippen LogP contribution in [0.2, 0.25) is 0 Å². The van der Waals surface area contributed by atoms with E-state index in [1.165, 1.54) is 25.3 Å². The molecular weight excluding hydrogens is 240 g/mol. The highest BCUT2D eigenvalue weighted by molar-refractivity contribution is 5.69. The maximum atomic E-state index is 10.9. The number of aryl methyl sites for hydroxylation is 1. The van der Waals surface area contributed by atoms with Gasteiger partial charge in [0, 0.05) is 13.3 Å². The van der Waals surface area contributed by atoms with Crippen LogP contribution < -0.4 is 4.74 Å². The van der Waals surface area contributed by atoms with Crippen molar-refractivity contribution in [1.82, 2.24) is 0 Å². The Bertz CT molecular complexity index is 399. The minimum absolute atomic E-state index is 0.285. The molecule has 0 saturated heterocycles. The van der Waals surface area contributed by atoms with Crippen molar-refractivity contribution in [2.75, 3.05) is 0 Å². The fourth-order valence-electron chi connectivity index (χ4n) is 2.02. The quantitative estimate of drug-likeness (QED) is 0.295. The molecule has 0 saturated carbocycles. The molecule has 1 rings (SSSR count). The van der Waals surface area contributed by atoms with Gasteiger partial charge in [0.05, 0.1) is 0 Å². The summed E-state index contributed by atoms with van der Waals surface area (Å²) < 4.78 is 5.05. The van der Waals surface area contributed by atoms with Gasteiger partial charge in [-0.25, -0.2) is 0 Å². The van der Waals surface area contributed by atoms with Crippen molar-refractivity contribution in [2.45, 2.75) is 51.9 Å². The first-order valence-corrected chi connectivity index (χ1v) is 6.93. The number of aldehydes is 1. The van der Waals surface area contributed by atoms with Crippen LogP contribution in [0.15, 0.2) is 24.3 Å². The number of esters is 1. The number of benzene rings is 1. The van der Waals surface area contributed by atoms with Gasteiger partial charge >= 0.3 is 5.97 Å². The zero-order valence-corrected chi connectivity index (χ0v) is 11.6. The topological polar surface area (TPSA) is 43.4 Å². The molecule has 3 nitrogen and oxygen atoms in total. The summed E-state index contributed by atoms with van der Waals surface area (Å²) in [5.74, 6) is 0.336. The summed E-state index contributed by atoms with van der Waals surface area (Å²) in [6.45, 7) is 1.41. The fourth-order valence-corrected chi connectivity index (χ4v) is 2.02. The van der Waals surface area contributed by atoms with Crippen LogP contribution in [0, 0.1) is 0 Å². The van der Waals surface area contributed by atoms with Crippen molar-refractivity contribution in [3.05, 3.63) is 29.8 Å². The van der Waals surface area contributed by atoms with E-state index < -0.39 is 0 Å². The van der Waals surface area contributed by atoms with Crippen molar-refractivity contribution in [1.29, 1.82) is 0 Å². The van der Waals surface area contributed by atoms with Crippen LogP contribution in [-0.2, 0) is 16.0 Å². The van der Waals surface area contributed by atoms with E-state index in [2.05, 4.69) is 6.07 Å². The molecule has 0 aliphatic heterocycles. The normalized spacial score (nSPS) is 10.2. The van der Waals surface area contributed by atoms with Gasteiger partial charge in [-0.3, -0.25) is 4.79 Å². The molecule has 0 spiro atoms. The van der Waals surface area contributed by atoms with E-state index >= 15 is 0 Å². The molecule has 104 valence electrons. The Kier molecular flexibility index (Phi) is 7.56. The minimum atomic E-state index is -0.285. The van der Waals surface area contributed by atoms with Crippen molar-refractivity contribution < 1.29 is 14.3 Å². The van der Waals surface area contributed by atoms with Crippen molar-refractivity contribution >= 4 is 12.3 Å². The molecule has 0 amide bonds. The number of carbonyl (C=O) groups excluding carboxylic acids is 2. The van der Waals surface area contributed by atoms with E-state index in [4.69, 9.17) is 4.74 Å². The van der Waals surface area contributed by atoms with E-state index in [1.54, 1.807) is 6.07 Å². The molecule has 0 aliphatic rings. The molecule has 3 heteroatoms. The zero-order valence-electron chi connectivity index (χ0n) is 11.6. The van der Waals surface area contributed by atoms with Gasteiger partial charge in [0.1, 0.15) is 12.0 Å². The van der Waals surface area contributed by atoms with E-state index in [1.807, 2.05) is 12.1 Å². The standard InChI is InChI=1S/C16H22O3/c1-14(18)19-16-11-8-10-15(13-16)9-6-4-2-3-5-7-12-17/h8,10-13H,2-7,9H2,1H3. The predicted molar refractivity (Wildman–Crippen MR) is 75.2 cm³/mol. The second kappa shape index (κ2) is 9.31. The summed E-state index contributed by atoms with van der Waals surface area (Å²) in [6.07, 6.45) is 8.30. The van der Waals surface area contributed by atoms with Crippen molar-refractivity contribution in [2.24, 2.45) is 0 Å². The second-order valence-corrected chi connectivity index (χ2v) is 4.71. The lowest BCUT2D eigenvalue weighted by molar-refractivity contribution is -0.131. The van der Waals surface area contributed by atoms with Crippen molar-refractivity contribution in [3.8, 4) is 5.75 Å². The maximum absolute atomic E-state index is 10.9. The number of hydrogen-bond acceptors (Lipinski definition) is 3. The van der Waals surface area contributed by atoms with Gasteiger partial charge in [-0.05, 0) is 37.0 Å². The van der Waals surface area contributed by atoms with E-state index in [0.29, 0.717) is 12.2 Å². The molecule has 0 radical (unpaired) electrons. The van der Waals surface area contributed by atoms with Crippen LogP contribution in [0.5, 0.6) is 5.75 Å². The first kappa shape index (κ1) is 15.4. The lowest BCUT2D eigenvalue weighted by atomic mass is 10.0. The van der Waals surface area contributed by atoms with Crippen LogP contribution in [0.25, 0.3) is 0 Å². The molecule has 0 unspecified atom stereocenters. The van der Waals surface area contributed by atoms with Crippen LogP contribution >= 0.6 is 0 Å². The van der Waals surface area contributed by atoms with Gasteiger partial charge in [0.15, 0.2) is 0 Å². The lowest BCUT2D eigenvalue weighted by Crippen LogP contribution is -2.01. The molecule has 19 heavy (non-hydrogen) atoms. The zero-order chi connectivity index (χ0) is 13.9. The molecule has 1 aromatic rings. The van der Waals surface area contributed by atoms with Gasteiger partial charge in [-0.2, -0.15) is 0 Å². The molecule has 0 N–H and O–H groups in total. The molecule has 0 fully saturated rings. The molecule has 0 aliphatic carbocycles. The number of ether oxygens (including phenoxy) is 1. The van der Waals surface area contributed by atoms with Crippen LogP contribution in [0.1, 0.15) is 51.0 Å². The Balaban J connectivity index is 2.21. The number of hydrogen-bond donors (Lipinski definition) is 0. The summed E-state index contributed by atoms with van der Waals surface area (Å²) >= 11 is 0. The van der Waals surface area contributed by atoms with Crippen LogP contribution in [0.3, 0.4) is 0 Å². The largest absolute Gasteiger partial charge is 0.427 e. The molecule has 0 atom stereocenters. The smallest absolute Gasteiger partial charge is 0.308 e. The Morgan fingerprint density at radius 1 is 1.16 bits per heavy atom. The van der Waals surface area contributed by atoms with Crippen LogP contribution in [0.4, 0.5) is 0 Å². The van der Waals surface area contributed by atoms with Gasteiger partial charge in [-0.15, -0.1) is 0 Å². The first-order valence-electron chi connectivity index (χ1n) is 6.93. The second-order valence-electron chi connectivity index (χ2n) is 4.71. The lowest BCUT2D eigenvalue weighted by Gasteiger charge is -2.05. The average molecular weight is 262 g/mol. The molecular formula is C16H22O3. The Morgan fingerprint density at radius 2 is 1.89 bits per heavy atom. The molecule has 1 aromatic carbocycles. The SMILES string of the molecule is CC(=O)Oc1cccc(CCCCCCCC=O)c1. The first-order chi connectivity index (χ1) is 9.22. The molecule has 0 bridgehead atoms. The molecule has 0 heterocycles. The minimum Gasteiger partial charge on any atom is -0.427 e. The van der Waals surface area contributed by atoms with Crippen molar-refractivity contribution in [3.63, 3.8) is 0 Å². The highest BCUT2D eigenvalue weighted by Gasteiger charge is 2.00. The Hall–Kier alpha value is -1.64. The third-order valence-corrected chi connectivity index (χ3v) is 2.95. The highest BCUT2D eigenvalue weighted by atomic mass is 16.5. The average Bonchev–Trinajstić information content (AvgIpc) is 2.37. The van der Waals surface area contributed by atoms with E-state index in [-0.39, 0.29) is 5.97 Å². The summed E-state index contributed by atoms with van der Waals surface area (Å²) in [6, 6.07) is 7.69. The summed E-state index contributed by atoms with van der Waals surface area (Å²) in [5, 5.41) is 0. The van der Waals surface area contributed by atoms with E-state index in [9.17, 15) is 9.59 Å². The fraction of sp³-hybridized carbons (Fsp3) is 0.500. The van der Waals surface area contributed by atoms with Gasteiger partial charge in [0.2, 0.25) is 0 Å². The van der Waals surface area contributed by atoms with Crippen LogP contribution in [-0.4, -0.2) is 12.3 Å². The van der Waals surface area contributed by atoms with Gasteiger partial charge in [0.25, 0.3) is 0 Å². The number of carbonyl (C=O) groups is 2. The summed E-state index contributed by atoms with van der Waals surface area (Å²) in [5.41, 5.74) is 1.20.